The van der Waals surface area contributed by atoms with Gasteiger partial charge in [0.05, 0.1) is 0 Å². The third-order valence-electron chi connectivity index (χ3n) is 1.94. The summed E-state index contributed by atoms with van der Waals surface area (Å²) in [7, 11) is -1.23. The summed E-state index contributed by atoms with van der Waals surface area (Å²) in [5.74, 6) is 3.08. The maximum atomic E-state index is 5.50. The summed E-state index contributed by atoms with van der Waals surface area (Å²) in [5, 5.41) is 0. The molecule has 2 nitrogen and oxygen atoms in total. The molecule has 0 aliphatic carbocycles. The Morgan fingerprint density at radius 3 is 2.71 bits per heavy atom. The van der Waals surface area contributed by atoms with Crippen molar-refractivity contribution in [3.8, 4) is 11.5 Å². The second-order valence-electron chi connectivity index (χ2n) is 4.66. The maximum absolute atomic E-state index is 5.50. The van der Waals surface area contributed by atoms with Gasteiger partial charge in [-0.1, -0.05) is 25.6 Å². The van der Waals surface area contributed by atoms with Crippen LogP contribution in [-0.2, 0) is 9.47 Å². The van der Waals surface area contributed by atoms with Crippen molar-refractivity contribution in [2.75, 3.05) is 13.2 Å². The number of ether oxygens (including phenoxy) is 2. The van der Waals surface area contributed by atoms with E-state index in [0.717, 1.165) is 13.0 Å². The second kappa shape index (κ2) is 5.55. The standard InChI is InChI=1S/C11H20O2Si/c1-14(2,3)10-6-9-13-11-7-4-5-8-12-11/h11H,4-5,7-9H2,1-3H3. The van der Waals surface area contributed by atoms with Crippen LogP contribution < -0.4 is 0 Å². The van der Waals surface area contributed by atoms with Gasteiger partial charge in [0.2, 0.25) is 0 Å². The molecule has 1 aliphatic heterocycles. The summed E-state index contributed by atoms with van der Waals surface area (Å²) < 4.78 is 10.9. The van der Waals surface area contributed by atoms with Crippen molar-refractivity contribution in [3.05, 3.63) is 0 Å². The topological polar surface area (TPSA) is 18.5 Å². The highest BCUT2D eigenvalue weighted by Crippen LogP contribution is 2.13. The van der Waals surface area contributed by atoms with E-state index in [0.29, 0.717) is 6.61 Å². The molecule has 0 radical (unpaired) electrons. The van der Waals surface area contributed by atoms with E-state index >= 15 is 0 Å². The van der Waals surface area contributed by atoms with E-state index in [9.17, 15) is 0 Å². The van der Waals surface area contributed by atoms with Crippen LogP contribution in [0, 0.1) is 11.5 Å². The predicted molar refractivity (Wildman–Crippen MR) is 60.7 cm³/mol. The molecule has 1 atom stereocenters. The van der Waals surface area contributed by atoms with Gasteiger partial charge in [0.1, 0.15) is 14.7 Å². The minimum absolute atomic E-state index is 0.000292. The van der Waals surface area contributed by atoms with Crippen LogP contribution in [0.3, 0.4) is 0 Å². The molecule has 1 aliphatic rings. The molecule has 1 unspecified atom stereocenters. The van der Waals surface area contributed by atoms with Gasteiger partial charge in [-0.25, -0.2) is 0 Å². The summed E-state index contributed by atoms with van der Waals surface area (Å²) in [4.78, 5) is 0. The minimum Gasteiger partial charge on any atom is -0.353 e. The lowest BCUT2D eigenvalue weighted by Crippen LogP contribution is -2.22. The highest BCUT2D eigenvalue weighted by molar-refractivity contribution is 6.83. The van der Waals surface area contributed by atoms with Crippen LogP contribution in [-0.4, -0.2) is 27.6 Å². The van der Waals surface area contributed by atoms with Crippen molar-refractivity contribution in [2.45, 2.75) is 45.2 Å². The van der Waals surface area contributed by atoms with E-state index in [-0.39, 0.29) is 6.29 Å². The Kier molecular flexibility index (Phi) is 4.66. The van der Waals surface area contributed by atoms with Crippen LogP contribution in [0.25, 0.3) is 0 Å². The molecule has 0 aromatic heterocycles. The van der Waals surface area contributed by atoms with Crippen LogP contribution in [0.5, 0.6) is 0 Å². The van der Waals surface area contributed by atoms with Gasteiger partial charge in [0.25, 0.3) is 0 Å². The van der Waals surface area contributed by atoms with Gasteiger partial charge in [-0.2, -0.15) is 0 Å². The van der Waals surface area contributed by atoms with Crippen molar-refractivity contribution < 1.29 is 9.47 Å². The van der Waals surface area contributed by atoms with Gasteiger partial charge < -0.3 is 9.47 Å². The minimum atomic E-state index is -1.23. The average Bonchev–Trinajstić information content (AvgIpc) is 2.13. The first-order valence-electron chi connectivity index (χ1n) is 5.31. The molecule has 0 aromatic carbocycles. The first-order chi connectivity index (χ1) is 6.58. The van der Waals surface area contributed by atoms with E-state index in [1.807, 2.05) is 0 Å². The van der Waals surface area contributed by atoms with E-state index < -0.39 is 8.07 Å². The third kappa shape index (κ3) is 5.43. The van der Waals surface area contributed by atoms with E-state index in [1.54, 1.807) is 0 Å². The monoisotopic (exact) mass is 212 g/mol. The number of hydrogen-bond donors (Lipinski definition) is 0. The van der Waals surface area contributed by atoms with Crippen molar-refractivity contribution in [1.29, 1.82) is 0 Å². The normalized spacial score (nSPS) is 22.6. The van der Waals surface area contributed by atoms with Crippen molar-refractivity contribution in [1.82, 2.24) is 0 Å². The highest BCUT2D eigenvalue weighted by Gasteiger charge is 2.13. The zero-order valence-electron chi connectivity index (χ0n) is 9.43. The Labute approximate surface area is 88.0 Å². The zero-order valence-corrected chi connectivity index (χ0v) is 10.4. The van der Waals surface area contributed by atoms with Gasteiger partial charge in [-0.05, 0) is 19.3 Å². The Morgan fingerprint density at radius 2 is 2.14 bits per heavy atom. The molecule has 0 aromatic rings. The van der Waals surface area contributed by atoms with Crippen LogP contribution in [0.4, 0.5) is 0 Å². The molecule has 0 amide bonds. The highest BCUT2D eigenvalue weighted by atomic mass is 28.3. The van der Waals surface area contributed by atoms with Crippen molar-refractivity contribution in [3.63, 3.8) is 0 Å². The third-order valence-corrected chi connectivity index (χ3v) is 2.87. The fourth-order valence-electron chi connectivity index (χ4n) is 1.28. The predicted octanol–water partition coefficient (Wildman–Crippen LogP) is 2.41. The average molecular weight is 212 g/mol. The lowest BCUT2D eigenvalue weighted by atomic mass is 10.2. The molecule has 80 valence electrons. The Morgan fingerprint density at radius 1 is 1.36 bits per heavy atom. The lowest BCUT2D eigenvalue weighted by molar-refractivity contribution is -0.154. The fourth-order valence-corrected chi connectivity index (χ4v) is 1.88. The summed E-state index contributed by atoms with van der Waals surface area (Å²) in [6.07, 6.45) is 3.40. The molecule has 1 fully saturated rings. The van der Waals surface area contributed by atoms with E-state index in [4.69, 9.17) is 9.47 Å². The molecule has 0 saturated carbocycles. The number of hydrogen-bond acceptors (Lipinski definition) is 2. The Bertz CT molecular complexity index is 216. The van der Waals surface area contributed by atoms with Gasteiger partial charge in [-0.3, -0.25) is 0 Å². The molecular weight excluding hydrogens is 192 g/mol. The Hall–Kier alpha value is -0.303. The molecule has 1 heterocycles. The summed E-state index contributed by atoms with van der Waals surface area (Å²) >= 11 is 0. The van der Waals surface area contributed by atoms with Gasteiger partial charge in [0, 0.05) is 6.61 Å². The van der Waals surface area contributed by atoms with Crippen molar-refractivity contribution >= 4 is 8.07 Å². The van der Waals surface area contributed by atoms with Crippen LogP contribution in [0.2, 0.25) is 19.6 Å². The van der Waals surface area contributed by atoms with Crippen LogP contribution in [0.1, 0.15) is 19.3 Å². The molecule has 0 spiro atoms. The maximum Gasteiger partial charge on any atom is 0.158 e. The summed E-state index contributed by atoms with van der Waals surface area (Å²) in [6, 6.07) is 0. The molecule has 3 heteroatoms. The Balaban J connectivity index is 2.16. The molecular formula is C11H20O2Si. The van der Waals surface area contributed by atoms with Gasteiger partial charge >= 0.3 is 0 Å². The van der Waals surface area contributed by atoms with E-state index in [1.165, 1.54) is 12.8 Å². The summed E-state index contributed by atoms with van der Waals surface area (Å²) in [5.41, 5.74) is 3.27. The van der Waals surface area contributed by atoms with Gasteiger partial charge in [-0.15, -0.1) is 5.54 Å². The van der Waals surface area contributed by atoms with Crippen LogP contribution >= 0.6 is 0 Å². The van der Waals surface area contributed by atoms with Gasteiger partial charge in [0.15, 0.2) is 6.29 Å². The molecule has 1 saturated heterocycles. The first-order valence-corrected chi connectivity index (χ1v) is 8.81. The van der Waals surface area contributed by atoms with E-state index in [2.05, 4.69) is 31.1 Å². The molecule has 1 rings (SSSR count). The second-order valence-corrected chi connectivity index (χ2v) is 9.41. The summed E-state index contributed by atoms with van der Waals surface area (Å²) in [6.45, 7) is 8.06. The zero-order chi connectivity index (χ0) is 10.4. The quantitative estimate of drug-likeness (QED) is 0.517. The largest absolute Gasteiger partial charge is 0.353 e. The first kappa shape index (κ1) is 11.8. The molecule has 0 N–H and O–H groups in total. The van der Waals surface area contributed by atoms with Crippen LogP contribution in [0.15, 0.2) is 0 Å². The SMILES string of the molecule is C[Si](C)(C)C#CCOC1CCCCO1. The number of rotatable bonds is 2. The lowest BCUT2D eigenvalue weighted by Gasteiger charge is -2.21. The molecule has 14 heavy (non-hydrogen) atoms. The fraction of sp³-hybridized carbons (Fsp3) is 0.818. The molecule has 0 bridgehead atoms. The smallest absolute Gasteiger partial charge is 0.158 e. The van der Waals surface area contributed by atoms with Crippen molar-refractivity contribution in [2.24, 2.45) is 0 Å².